The zero-order valence-electron chi connectivity index (χ0n) is 9.87. The fourth-order valence-corrected chi connectivity index (χ4v) is 1.98. The molecule has 4 N–H and O–H groups in total. The van der Waals surface area contributed by atoms with Crippen molar-refractivity contribution in [2.75, 3.05) is 0 Å². The molecular formula is C12H13N5S. The normalized spacial score (nSPS) is 12.7. The maximum atomic E-state index is 5.83. The second kappa shape index (κ2) is 5.42. The van der Waals surface area contributed by atoms with Gasteiger partial charge in [-0.3, -0.25) is 0 Å². The van der Waals surface area contributed by atoms with E-state index in [1.807, 2.05) is 42.6 Å². The minimum Gasteiger partial charge on any atom is -0.383 e. The minimum atomic E-state index is 0.103. The number of nitrogens with zero attached hydrogens (tertiary/aromatic N) is 3. The molecule has 0 unspecified atom stereocenters. The van der Waals surface area contributed by atoms with E-state index in [2.05, 4.69) is 15.0 Å². The maximum Gasteiger partial charge on any atom is 0.224 e. The van der Waals surface area contributed by atoms with Gasteiger partial charge in [0.25, 0.3) is 0 Å². The number of aryl methyl sites for hydroxylation is 1. The van der Waals surface area contributed by atoms with Gasteiger partial charge in [-0.25, -0.2) is 4.98 Å². The van der Waals surface area contributed by atoms with Crippen molar-refractivity contribution in [1.82, 2.24) is 4.98 Å². The monoisotopic (exact) mass is 259 g/mol. The highest BCUT2D eigenvalue weighted by atomic mass is 32.1. The Bertz CT molecular complexity index is 586. The van der Waals surface area contributed by atoms with E-state index in [-0.39, 0.29) is 5.96 Å². The smallest absolute Gasteiger partial charge is 0.224 e. The van der Waals surface area contributed by atoms with Crippen molar-refractivity contribution in [3.05, 3.63) is 47.0 Å². The zero-order valence-corrected chi connectivity index (χ0v) is 10.7. The molecule has 92 valence electrons. The summed E-state index contributed by atoms with van der Waals surface area (Å²) in [6.45, 7) is 1.90. The van der Waals surface area contributed by atoms with Gasteiger partial charge in [0.2, 0.25) is 11.1 Å². The molecule has 1 aromatic heterocycles. The molecule has 0 bridgehead atoms. The molecule has 0 atom stereocenters. The zero-order chi connectivity index (χ0) is 13.0. The number of rotatable bonds is 2. The number of aromatic nitrogens is 1. The summed E-state index contributed by atoms with van der Waals surface area (Å²) in [5, 5.41) is 2.48. The first-order valence-electron chi connectivity index (χ1n) is 5.31. The summed E-state index contributed by atoms with van der Waals surface area (Å²) in [4.78, 5) is 12.3. The first-order chi connectivity index (χ1) is 8.65. The van der Waals surface area contributed by atoms with Crippen molar-refractivity contribution in [3.63, 3.8) is 0 Å². The topological polar surface area (TPSA) is 89.6 Å². The largest absolute Gasteiger partial charge is 0.383 e. The van der Waals surface area contributed by atoms with Crippen LogP contribution in [0.25, 0.3) is 0 Å². The van der Waals surface area contributed by atoms with E-state index in [4.69, 9.17) is 11.5 Å². The van der Waals surface area contributed by atoms with E-state index in [1.165, 1.54) is 11.3 Å². The Morgan fingerprint density at radius 1 is 1.22 bits per heavy atom. The molecule has 0 saturated carbocycles. The summed E-state index contributed by atoms with van der Waals surface area (Å²) in [6.07, 6.45) is 0. The number of nitrogens with two attached hydrogens (primary N) is 2. The predicted molar refractivity (Wildman–Crippen MR) is 75.3 cm³/mol. The number of amidine groups is 1. The Morgan fingerprint density at radius 2 is 1.94 bits per heavy atom. The average Bonchev–Trinajstić information content (AvgIpc) is 2.75. The van der Waals surface area contributed by atoms with Crippen LogP contribution in [0.15, 0.2) is 45.7 Å². The molecule has 6 heteroatoms. The summed E-state index contributed by atoms with van der Waals surface area (Å²) in [5.41, 5.74) is 13.2. The molecule has 0 spiro atoms. The highest BCUT2D eigenvalue weighted by Gasteiger charge is 2.00. The van der Waals surface area contributed by atoms with Gasteiger partial charge < -0.3 is 11.5 Å². The highest BCUT2D eigenvalue weighted by molar-refractivity contribution is 7.13. The van der Waals surface area contributed by atoms with Crippen LogP contribution in [0, 0.1) is 6.92 Å². The maximum absolute atomic E-state index is 5.83. The third-order valence-corrected chi connectivity index (χ3v) is 2.97. The van der Waals surface area contributed by atoms with Crippen LogP contribution in [0.3, 0.4) is 0 Å². The van der Waals surface area contributed by atoms with Crippen LogP contribution in [0.1, 0.15) is 11.3 Å². The molecule has 0 saturated heterocycles. The summed E-state index contributed by atoms with van der Waals surface area (Å²) < 4.78 is 0. The van der Waals surface area contributed by atoms with Gasteiger partial charge in [0.15, 0.2) is 0 Å². The molecule has 0 aliphatic carbocycles. The van der Waals surface area contributed by atoms with Crippen LogP contribution in [0.4, 0.5) is 5.13 Å². The van der Waals surface area contributed by atoms with Gasteiger partial charge in [-0.2, -0.15) is 9.98 Å². The van der Waals surface area contributed by atoms with Gasteiger partial charge >= 0.3 is 0 Å². The van der Waals surface area contributed by atoms with E-state index in [1.54, 1.807) is 0 Å². The molecule has 0 amide bonds. The third kappa shape index (κ3) is 3.14. The van der Waals surface area contributed by atoms with E-state index >= 15 is 0 Å². The van der Waals surface area contributed by atoms with Crippen molar-refractivity contribution in [2.24, 2.45) is 21.5 Å². The molecule has 1 aromatic carbocycles. The summed E-state index contributed by atoms with van der Waals surface area (Å²) >= 11 is 1.41. The minimum absolute atomic E-state index is 0.103. The fraction of sp³-hybridized carbons (Fsp3) is 0.0833. The van der Waals surface area contributed by atoms with E-state index in [9.17, 15) is 0 Å². The van der Waals surface area contributed by atoms with E-state index < -0.39 is 0 Å². The number of aliphatic imine (C=N–C) groups is 2. The Labute approximate surface area is 109 Å². The molecular weight excluding hydrogens is 246 g/mol. The van der Waals surface area contributed by atoms with Crippen LogP contribution in [-0.4, -0.2) is 16.8 Å². The Kier molecular flexibility index (Phi) is 3.69. The molecule has 0 fully saturated rings. The van der Waals surface area contributed by atoms with Crippen LogP contribution in [0.2, 0.25) is 0 Å². The second-order valence-corrected chi connectivity index (χ2v) is 4.44. The molecule has 2 aromatic rings. The van der Waals surface area contributed by atoms with Gasteiger partial charge in [-0.15, -0.1) is 11.3 Å². The van der Waals surface area contributed by atoms with Crippen LogP contribution >= 0.6 is 11.3 Å². The SMILES string of the molecule is Cc1csc(/N=C(N)/N=C(\N)c2ccccc2)n1. The Balaban J connectivity index is 2.20. The summed E-state index contributed by atoms with van der Waals surface area (Å²) in [5.74, 6) is 0.441. The van der Waals surface area contributed by atoms with Crippen molar-refractivity contribution >= 4 is 28.3 Å². The second-order valence-electron chi connectivity index (χ2n) is 3.60. The molecule has 5 nitrogen and oxygen atoms in total. The third-order valence-electron chi connectivity index (χ3n) is 2.12. The molecule has 2 rings (SSSR count). The number of benzene rings is 1. The van der Waals surface area contributed by atoms with Gasteiger partial charge in [0, 0.05) is 10.9 Å². The molecule has 0 radical (unpaired) electrons. The standard InChI is InChI=1S/C12H13N5S/c1-8-7-18-12(15-8)17-11(14)16-10(13)9-5-3-2-4-6-9/h2-7H,1H3,(H4,13,14,15,16,17). The average molecular weight is 259 g/mol. The predicted octanol–water partition coefficient (Wildman–Crippen LogP) is 1.80. The fourth-order valence-electron chi connectivity index (χ4n) is 1.31. The lowest BCUT2D eigenvalue weighted by molar-refractivity contribution is 1.23. The van der Waals surface area contributed by atoms with Crippen LogP contribution in [-0.2, 0) is 0 Å². The molecule has 18 heavy (non-hydrogen) atoms. The Morgan fingerprint density at radius 3 is 2.56 bits per heavy atom. The Hall–Kier alpha value is -2.21. The van der Waals surface area contributed by atoms with Crippen molar-refractivity contribution in [3.8, 4) is 0 Å². The number of hydrogen-bond acceptors (Lipinski definition) is 3. The molecule has 0 aliphatic rings. The molecule has 1 heterocycles. The van der Waals surface area contributed by atoms with Gasteiger partial charge in [0.05, 0.1) is 5.69 Å². The first-order valence-corrected chi connectivity index (χ1v) is 6.19. The number of hydrogen-bond donors (Lipinski definition) is 2. The van der Waals surface area contributed by atoms with Crippen molar-refractivity contribution < 1.29 is 0 Å². The van der Waals surface area contributed by atoms with Crippen molar-refractivity contribution in [2.45, 2.75) is 6.92 Å². The van der Waals surface area contributed by atoms with Crippen LogP contribution < -0.4 is 11.5 Å². The lowest BCUT2D eigenvalue weighted by Crippen LogP contribution is -2.19. The van der Waals surface area contributed by atoms with E-state index in [0.29, 0.717) is 11.0 Å². The van der Waals surface area contributed by atoms with Gasteiger partial charge in [0.1, 0.15) is 5.84 Å². The quantitative estimate of drug-likeness (QED) is 0.636. The summed E-state index contributed by atoms with van der Waals surface area (Å²) in [6, 6.07) is 9.40. The first kappa shape index (κ1) is 12.3. The highest BCUT2D eigenvalue weighted by Crippen LogP contribution is 2.17. The van der Waals surface area contributed by atoms with E-state index in [0.717, 1.165) is 11.3 Å². The lowest BCUT2D eigenvalue weighted by Gasteiger charge is -1.99. The van der Waals surface area contributed by atoms with Gasteiger partial charge in [-0.1, -0.05) is 30.3 Å². The number of guanidine groups is 1. The van der Waals surface area contributed by atoms with Crippen molar-refractivity contribution in [1.29, 1.82) is 0 Å². The lowest BCUT2D eigenvalue weighted by atomic mass is 10.2. The summed E-state index contributed by atoms with van der Waals surface area (Å²) in [7, 11) is 0. The molecule has 0 aliphatic heterocycles. The van der Waals surface area contributed by atoms with Gasteiger partial charge in [-0.05, 0) is 6.92 Å². The van der Waals surface area contributed by atoms with Crippen LogP contribution in [0.5, 0.6) is 0 Å². The number of thiazole rings is 1.